The lowest BCUT2D eigenvalue weighted by Gasteiger charge is -2.45. The Balaban J connectivity index is 1.76. The molecule has 1 aromatic carbocycles. The van der Waals surface area contributed by atoms with Gasteiger partial charge in [0.2, 0.25) is 5.91 Å². The zero-order chi connectivity index (χ0) is 32.5. The SMILES string of the molecule is C=CC(=O)N1CC(C)N2c3nc(=O)n(-c4c(C)ccnc4C(C)C)c4nc(-c5c(N)c(Cl)cc(Cl)c5F)c(F)c(c34)SCC2C1. The number of anilines is 2. The molecule has 2 unspecified atom stereocenters. The number of amides is 1. The molecule has 0 spiro atoms. The van der Waals surface area contributed by atoms with Crippen molar-refractivity contribution in [3.8, 4) is 16.9 Å². The van der Waals surface area contributed by atoms with E-state index in [1.165, 1.54) is 22.4 Å². The zero-order valence-electron chi connectivity index (χ0n) is 24.9. The summed E-state index contributed by atoms with van der Waals surface area (Å²) in [5.74, 6) is -1.63. The second-order valence-electron chi connectivity index (χ2n) is 11.5. The second kappa shape index (κ2) is 11.6. The van der Waals surface area contributed by atoms with E-state index in [-0.39, 0.29) is 61.4 Å². The molecular weight excluding hydrogens is 643 g/mol. The maximum absolute atomic E-state index is 16.8. The first kappa shape index (κ1) is 31.3. The van der Waals surface area contributed by atoms with E-state index in [1.807, 2.05) is 32.6 Å². The number of hydrogen-bond acceptors (Lipinski definition) is 8. The summed E-state index contributed by atoms with van der Waals surface area (Å²) in [7, 11) is 0. The molecule has 6 rings (SSSR count). The van der Waals surface area contributed by atoms with Gasteiger partial charge in [0.15, 0.2) is 17.3 Å². The number of nitrogens with zero attached hydrogens (tertiary/aromatic N) is 6. The molecule has 9 nitrogen and oxygen atoms in total. The van der Waals surface area contributed by atoms with Crippen molar-refractivity contribution in [3.05, 3.63) is 74.4 Å². The molecule has 2 aliphatic heterocycles. The fourth-order valence-corrected chi connectivity index (χ4v) is 7.82. The highest BCUT2D eigenvalue weighted by Crippen LogP contribution is 2.46. The van der Waals surface area contributed by atoms with E-state index >= 15 is 8.78 Å². The number of carbonyl (C=O) groups excluding carboxylic acids is 1. The van der Waals surface area contributed by atoms with E-state index in [0.29, 0.717) is 35.8 Å². The Bertz CT molecular complexity index is 1960. The van der Waals surface area contributed by atoms with E-state index in [2.05, 4.69) is 21.5 Å². The third kappa shape index (κ3) is 4.94. The summed E-state index contributed by atoms with van der Waals surface area (Å²) in [4.78, 5) is 44.3. The first-order chi connectivity index (χ1) is 21.3. The van der Waals surface area contributed by atoms with Crippen LogP contribution in [0.25, 0.3) is 28.0 Å². The number of rotatable bonds is 4. The lowest BCUT2D eigenvalue weighted by molar-refractivity contribution is -0.127. The van der Waals surface area contributed by atoms with Gasteiger partial charge in [-0.3, -0.25) is 9.78 Å². The summed E-state index contributed by atoms with van der Waals surface area (Å²) < 4.78 is 33.8. The summed E-state index contributed by atoms with van der Waals surface area (Å²) in [5.41, 5.74) is 6.25. The third-order valence-electron chi connectivity index (χ3n) is 8.21. The van der Waals surface area contributed by atoms with Gasteiger partial charge in [-0.25, -0.2) is 23.1 Å². The fraction of sp³-hybridized carbons (Fsp3) is 0.323. The number of fused-ring (bicyclic) bond motifs is 2. The number of halogens is 4. The van der Waals surface area contributed by atoms with Gasteiger partial charge in [0, 0.05) is 31.1 Å². The zero-order valence-corrected chi connectivity index (χ0v) is 27.2. The predicted molar refractivity (Wildman–Crippen MR) is 175 cm³/mol. The van der Waals surface area contributed by atoms with Crippen molar-refractivity contribution in [1.29, 1.82) is 0 Å². The van der Waals surface area contributed by atoms with Crippen molar-refractivity contribution in [1.82, 2.24) is 24.4 Å². The molecule has 0 saturated carbocycles. The van der Waals surface area contributed by atoms with Crippen LogP contribution in [0.3, 0.4) is 0 Å². The van der Waals surface area contributed by atoms with Crippen molar-refractivity contribution in [3.63, 3.8) is 0 Å². The van der Waals surface area contributed by atoms with Crippen LogP contribution >= 0.6 is 35.0 Å². The van der Waals surface area contributed by atoms with Crippen molar-refractivity contribution < 1.29 is 13.6 Å². The number of aryl methyl sites for hydroxylation is 1. The maximum Gasteiger partial charge on any atom is 0.355 e. The number of nitrogens with two attached hydrogens (primary N) is 1. The summed E-state index contributed by atoms with van der Waals surface area (Å²) in [6.07, 6.45) is 2.91. The van der Waals surface area contributed by atoms with Gasteiger partial charge in [-0.05, 0) is 43.5 Å². The molecule has 1 saturated heterocycles. The van der Waals surface area contributed by atoms with Crippen molar-refractivity contribution in [2.45, 2.75) is 50.6 Å². The lowest BCUT2D eigenvalue weighted by Crippen LogP contribution is -2.60. The van der Waals surface area contributed by atoms with Gasteiger partial charge >= 0.3 is 5.69 Å². The minimum atomic E-state index is -0.997. The lowest BCUT2D eigenvalue weighted by atomic mass is 10.0. The minimum absolute atomic E-state index is 0.0502. The fourth-order valence-electron chi connectivity index (χ4n) is 6.18. The molecule has 1 fully saturated rings. The van der Waals surface area contributed by atoms with Crippen molar-refractivity contribution in [2.24, 2.45) is 0 Å². The Morgan fingerprint density at radius 3 is 2.62 bits per heavy atom. The Kier molecular flexibility index (Phi) is 8.03. The number of nitrogen functional groups attached to an aromatic ring is 1. The van der Waals surface area contributed by atoms with Crippen LogP contribution < -0.4 is 16.3 Å². The second-order valence-corrected chi connectivity index (χ2v) is 13.3. The van der Waals surface area contributed by atoms with Crippen molar-refractivity contribution >= 4 is 63.4 Å². The normalized spacial score (nSPS) is 17.9. The number of benzene rings is 1. The van der Waals surface area contributed by atoms with Crippen molar-refractivity contribution in [2.75, 3.05) is 29.5 Å². The highest BCUT2D eigenvalue weighted by Gasteiger charge is 2.40. The van der Waals surface area contributed by atoms with Gasteiger partial charge in [0.25, 0.3) is 0 Å². The smallest absolute Gasteiger partial charge is 0.355 e. The van der Waals surface area contributed by atoms with Gasteiger partial charge in [0.05, 0.1) is 49.0 Å². The maximum atomic E-state index is 16.8. The van der Waals surface area contributed by atoms with E-state index in [4.69, 9.17) is 28.9 Å². The number of carbonyl (C=O) groups is 1. The Morgan fingerprint density at radius 2 is 1.93 bits per heavy atom. The van der Waals surface area contributed by atoms with Crippen LogP contribution in [0.5, 0.6) is 0 Å². The van der Waals surface area contributed by atoms with Crippen LogP contribution in [-0.2, 0) is 4.79 Å². The Morgan fingerprint density at radius 1 is 1.20 bits per heavy atom. The van der Waals surface area contributed by atoms with Crippen LogP contribution in [0, 0.1) is 18.6 Å². The standard InChI is InChI=1S/C31H29Cl2F2N7O2S/c1-6-19(43)40-10-15(5)41-16(11-40)12-45-28-21-29(38-26(23(28)35)20-22(34)17(32)9-18(33)24(20)36)42(31(44)39-30(21)41)27-14(4)7-8-37-25(27)13(2)3/h6-9,13,15-16H,1,10-12,36H2,2-5H3. The molecule has 1 amide bonds. The molecule has 2 N–H and O–H groups in total. The molecule has 2 atom stereocenters. The van der Waals surface area contributed by atoms with Gasteiger partial charge in [0.1, 0.15) is 11.5 Å². The molecule has 5 heterocycles. The molecule has 3 aromatic heterocycles. The molecule has 2 aliphatic rings. The number of hydrogen-bond donors (Lipinski definition) is 1. The quantitative estimate of drug-likeness (QED) is 0.157. The Labute approximate surface area is 272 Å². The summed E-state index contributed by atoms with van der Waals surface area (Å²) in [5, 5.41) is -0.157. The minimum Gasteiger partial charge on any atom is -0.397 e. The molecule has 234 valence electrons. The summed E-state index contributed by atoms with van der Waals surface area (Å²) in [6, 6.07) is 2.27. The largest absolute Gasteiger partial charge is 0.397 e. The average molecular weight is 673 g/mol. The molecular formula is C31H29Cl2F2N7O2S. The number of thioether (sulfide) groups is 1. The van der Waals surface area contributed by atoms with Gasteiger partial charge < -0.3 is 15.5 Å². The van der Waals surface area contributed by atoms with Crippen LogP contribution in [0.15, 0.2) is 40.7 Å². The predicted octanol–water partition coefficient (Wildman–Crippen LogP) is 6.14. The molecule has 45 heavy (non-hydrogen) atoms. The van der Waals surface area contributed by atoms with Crippen LogP contribution in [0.4, 0.5) is 20.3 Å². The first-order valence-electron chi connectivity index (χ1n) is 14.2. The molecule has 0 aliphatic carbocycles. The first-order valence-corrected chi connectivity index (χ1v) is 16.0. The highest BCUT2D eigenvalue weighted by molar-refractivity contribution is 7.99. The summed E-state index contributed by atoms with van der Waals surface area (Å²) >= 11 is 13.6. The third-order valence-corrected chi connectivity index (χ3v) is 10.0. The molecule has 0 radical (unpaired) electrons. The number of piperazine rings is 1. The van der Waals surface area contributed by atoms with E-state index in [1.54, 1.807) is 17.2 Å². The Hall–Kier alpha value is -3.74. The molecule has 14 heteroatoms. The topological polar surface area (TPSA) is 110 Å². The highest BCUT2D eigenvalue weighted by atomic mass is 35.5. The monoisotopic (exact) mass is 671 g/mol. The van der Waals surface area contributed by atoms with Gasteiger partial charge in [-0.15, -0.1) is 11.8 Å². The average Bonchev–Trinajstić information content (AvgIpc) is 3.16. The molecule has 4 aromatic rings. The van der Waals surface area contributed by atoms with Crippen LogP contribution in [0.2, 0.25) is 10.0 Å². The number of pyridine rings is 2. The summed E-state index contributed by atoms with van der Waals surface area (Å²) in [6.45, 7) is 11.9. The van der Waals surface area contributed by atoms with Gasteiger partial charge in [-0.2, -0.15) is 4.98 Å². The molecule has 0 bridgehead atoms. The van der Waals surface area contributed by atoms with E-state index in [9.17, 15) is 9.59 Å². The van der Waals surface area contributed by atoms with E-state index < -0.39 is 28.6 Å². The number of aromatic nitrogens is 4. The van der Waals surface area contributed by atoms with E-state index in [0.717, 1.165) is 6.07 Å². The van der Waals surface area contributed by atoms with Gasteiger partial charge in [-0.1, -0.05) is 43.6 Å². The van der Waals surface area contributed by atoms with Crippen LogP contribution in [0.1, 0.15) is 37.9 Å². The van der Waals surface area contributed by atoms with Crippen LogP contribution in [-0.4, -0.2) is 61.3 Å².